The maximum Gasteiger partial charge on any atom is 0.251 e. The highest BCUT2D eigenvalue weighted by Crippen LogP contribution is 1.99. The van der Waals surface area contributed by atoms with Crippen molar-refractivity contribution in [1.29, 1.82) is 0 Å². The molecule has 0 bridgehead atoms. The Hall–Kier alpha value is -1.42. The van der Waals surface area contributed by atoms with Gasteiger partial charge in [0.1, 0.15) is 0 Å². The second-order valence-electron chi connectivity index (χ2n) is 2.89. The van der Waals surface area contributed by atoms with Crippen LogP contribution in [0.3, 0.4) is 0 Å². The van der Waals surface area contributed by atoms with Crippen LogP contribution in [-0.2, 0) is 4.79 Å². The number of carbonyl (C=O) groups excluding carboxylic acids is 1. The van der Waals surface area contributed by atoms with Crippen LogP contribution >= 0.6 is 0 Å². The van der Waals surface area contributed by atoms with E-state index in [4.69, 9.17) is 0 Å². The molecule has 0 saturated carbocycles. The molecule has 0 aromatic heterocycles. The number of aliphatic imine (C=N–C) groups is 1. The predicted molar refractivity (Wildman–Crippen MR) is 57.5 cm³/mol. The third-order valence-corrected chi connectivity index (χ3v) is 1.81. The molecule has 0 unspecified atom stereocenters. The van der Waals surface area contributed by atoms with Crippen molar-refractivity contribution in [3.63, 3.8) is 0 Å². The molecule has 0 aromatic carbocycles. The van der Waals surface area contributed by atoms with Gasteiger partial charge in [-0.15, -0.1) is 0 Å². The van der Waals surface area contributed by atoms with Gasteiger partial charge in [0.15, 0.2) is 0 Å². The molecule has 0 atom stereocenters. The first-order chi connectivity index (χ1) is 6.84. The van der Waals surface area contributed by atoms with Crippen LogP contribution in [0.4, 0.5) is 0 Å². The number of amides is 1. The minimum absolute atomic E-state index is 0.0398. The molecule has 1 rings (SSSR count). The molecule has 0 radical (unpaired) electrons. The number of nitrogens with one attached hydrogen (secondary N) is 2. The van der Waals surface area contributed by atoms with Crippen molar-refractivity contribution in [2.45, 2.75) is 0 Å². The average Bonchev–Trinajstić information content (AvgIpc) is 2.46. The van der Waals surface area contributed by atoms with Crippen molar-refractivity contribution in [3.8, 4) is 0 Å². The maximum atomic E-state index is 11.5. The van der Waals surface area contributed by atoms with Crippen molar-refractivity contribution in [2.24, 2.45) is 4.99 Å². The Morgan fingerprint density at radius 1 is 1.57 bits per heavy atom. The molecule has 1 heterocycles. The average molecular weight is 193 g/mol. The van der Waals surface area contributed by atoms with E-state index in [2.05, 4.69) is 15.6 Å². The summed E-state index contributed by atoms with van der Waals surface area (Å²) in [4.78, 5) is 15.5. The fourth-order valence-electron chi connectivity index (χ4n) is 1.06. The van der Waals surface area contributed by atoms with Gasteiger partial charge in [-0.3, -0.25) is 9.79 Å². The summed E-state index contributed by atoms with van der Waals surface area (Å²) in [6.45, 7) is 1.99. The van der Waals surface area contributed by atoms with Gasteiger partial charge in [-0.1, -0.05) is 6.08 Å². The SMILES string of the molecule is CNCCNC(=O)C1=CCN=CC=C1. The van der Waals surface area contributed by atoms with Gasteiger partial charge < -0.3 is 10.6 Å². The van der Waals surface area contributed by atoms with Gasteiger partial charge in [0.25, 0.3) is 5.91 Å². The number of carbonyl (C=O) groups is 1. The van der Waals surface area contributed by atoms with Gasteiger partial charge >= 0.3 is 0 Å². The molecule has 1 aliphatic heterocycles. The summed E-state index contributed by atoms with van der Waals surface area (Å²) in [5, 5.41) is 5.77. The van der Waals surface area contributed by atoms with Gasteiger partial charge in [-0.05, 0) is 19.2 Å². The first kappa shape index (κ1) is 10.7. The van der Waals surface area contributed by atoms with E-state index in [0.29, 0.717) is 18.7 Å². The van der Waals surface area contributed by atoms with Gasteiger partial charge in [0, 0.05) is 24.9 Å². The van der Waals surface area contributed by atoms with E-state index in [0.717, 1.165) is 6.54 Å². The quantitative estimate of drug-likeness (QED) is 0.612. The Morgan fingerprint density at radius 3 is 3.21 bits per heavy atom. The van der Waals surface area contributed by atoms with E-state index in [1.54, 1.807) is 18.4 Å². The standard InChI is InChI=1S/C10H15N3O/c1-11-7-8-13-10(14)9-3-2-5-12-6-4-9/h2-5,11H,6-8H2,1H3,(H,13,14). The summed E-state index contributed by atoms with van der Waals surface area (Å²) >= 11 is 0. The van der Waals surface area contributed by atoms with Crippen molar-refractivity contribution in [3.05, 3.63) is 23.8 Å². The van der Waals surface area contributed by atoms with Gasteiger partial charge in [0.05, 0.1) is 6.54 Å². The lowest BCUT2D eigenvalue weighted by Crippen LogP contribution is -2.31. The zero-order valence-corrected chi connectivity index (χ0v) is 8.29. The molecular weight excluding hydrogens is 178 g/mol. The highest BCUT2D eigenvalue weighted by molar-refractivity contribution is 5.97. The highest BCUT2D eigenvalue weighted by atomic mass is 16.1. The zero-order chi connectivity index (χ0) is 10.2. The van der Waals surface area contributed by atoms with E-state index in [-0.39, 0.29) is 5.91 Å². The van der Waals surface area contributed by atoms with Crippen LogP contribution in [0.15, 0.2) is 28.8 Å². The molecule has 14 heavy (non-hydrogen) atoms. The monoisotopic (exact) mass is 193 g/mol. The molecule has 4 heteroatoms. The van der Waals surface area contributed by atoms with Crippen molar-refractivity contribution < 1.29 is 4.79 Å². The van der Waals surface area contributed by atoms with Crippen LogP contribution in [0.25, 0.3) is 0 Å². The van der Waals surface area contributed by atoms with E-state index in [1.807, 2.05) is 13.1 Å². The van der Waals surface area contributed by atoms with Crippen LogP contribution in [0.1, 0.15) is 0 Å². The summed E-state index contributed by atoms with van der Waals surface area (Å²) in [5.41, 5.74) is 0.679. The van der Waals surface area contributed by atoms with Crippen LogP contribution in [-0.4, -0.2) is 38.8 Å². The number of hydrogen-bond acceptors (Lipinski definition) is 3. The van der Waals surface area contributed by atoms with E-state index < -0.39 is 0 Å². The molecule has 0 fully saturated rings. The second kappa shape index (κ2) is 6.10. The van der Waals surface area contributed by atoms with Crippen LogP contribution in [0.2, 0.25) is 0 Å². The van der Waals surface area contributed by atoms with Crippen LogP contribution < -0.4 is 10.6 Å². The molecule has 4 nitrogen and oxygen atoms in total. The third-order valence-electron chi connectivity index (χ3n) is 1.81. The number of rotatable bonds is 4. The van der Waals surface area contributed by atoms with E-state index in [1.165, 1.54) is 0 Å². The molecule has 1 amide bonds. The third kappa shape index (κ3) is 3.53. The fraction of sp³-hybridized carbons (Fsp3) is 0.400. The summed E-state index contributed by atoms with van der Waals surface area (Å²) < 4.78 is 0. The molecular formula is C10H15N3O. The molecule has 2 N–H and O–H groups in total. The summed E-state index contributed by atoms with van der Waals surface area (Å²) in [5.74, 6) is -0.0398. The zero-order valence-electron chi connectivity index (χ0n) is 8.29. The Morgan fingerprint density at radius 2 is 2.43 bits per heavy atom. The van der Waals surface area contributed by atoms with Crippen LogP contribution in [0.5, 0.6) is 0 Å². The molecule has 0 spiro atoms. The first-order valence-corrected chi connectivity index (χ1v) is 4.64. The lowest BCUT2D eigenvalue weighted by molar-refractivity contribution is -0.117. The number of likely N-dealkylation sites (N-methyl/N-ethyl adjacent to an activating group) is 1. The van der Waals surface area contributed by atoms with Gasteiger partial charge in [-0.25, -0.2) is 0 Å². The minimum Gasteiger partial charge on any atom is -0.351 e. The minimum atomic E-state index is -0.0398. The van der Waals surface area contributed by atoms with Crippen molar-refractivity contribution in [1.82, 2.24) is 10.6 Å². The van der Waals surface area contributed by atoms with Crippen molar-refractivity contribution in [2.75, 3.05) is 26.7 Å². The summed E-state index contributed by atoms with van der Waals surface area (Å²) in [7, 11) is 1.85. The number of hydrogen-bond donors (Lipinski definition) is 2. The Kier molecular flexibility index (Phi) is 4.64. The van der Waals surface area contributed by atoms with E-state index >= 15 is 0 Å². The fourth-order valence-corrected chi connectivity index (χ4v) is 1.06. The Labute approximate surface area is 83.8 Å². The second-order valence-corrected chi connectivity index (χ2v) is 2.89. The lowest BCUT2D eigenvalue weighted by atomic mass is 10.2. The number of allylic oxidation sites excluding steroid dienone is 1. The largest absolute Gasteiger partial charge is 0.351 e. The topological polar surface area (TPSA) is 53.5 Å². The predicted octanol–water partition coefficient (Wildman–Crippen LogP) is -0.111. The molecule has 0 saturated heterocycles. The van der Waals surface area contributed by atoms with Crippen molar-refractivity contribution >= 4 is 12.1 Å². The van der Waals surface area contributed by atoms with Gasteiger partial charge in [0.2, 0.25) is 0 Å². The smallest absolute Gasteiger partial charge is 0.251 e. The summed E-state index contributed by atoms with van der Waals surface area (Å²) in [6.07, 6.45) is 7.06. The molecule has 1 aliphatic rings. The summed E-state index contributed by atoms with van der Waals surface area (Å²) in [6, 6.07) is 0. The van der Waals surface area contributed by atoms with E-state index in [9.17, 15) is 4.79 Å². The van der Waals surface area contributed by atoms with Crippen LogP contribution in [0, 0.1) is 0 Å². The maximum absolute atomic E-state index is 11.5. The normalized spacial score (nSPS) is 14.8. The Bertz CT molecular complexity index is 279. The highest BCUT2D eigenvalue weighted by Gasteiger charge is 2.04. The Balaban J connectivity index is 2.40. The molecule has 0 aromatic rings. The first-order valence-electron chi connectivity index (χ1n) is 4.64. The lowest BCUT2D eigenvalue weighted by Gasteiger charge is -2.04. The van der Waals surface area contributed by atoms with Gasteiger partial charge in [-0.2, -0.15) is 0 Å². The molecule has 76 valence electrons. The molecule has 0 aliphatic carbocycles. The number of nitrogens with zero attached hydrogens (tertiary/aromatic N) is 1.